The van der Waals surface area contributed by atoms with Crippen LogP contribution in [0.5, 0.6) is 0 Å². The van der Waals surface area contributed by atoms with Crippen molar-refractivity contribution in [2.24, 2.45) is 0 Å². The lowest BCUT2D eigenvalue weighted by molar-refractivity contribution is 0.0697. The van der Waals surface area contributed by atoms with E-state index in [9.17, 15) is 17.6 Å². The minimum atomic E-state index is -3.89. The molecule has 132 valence electrons. The molecule has 1 fully saturated rings. The van der Waals surface area contributed by atoms with Crippen LogP contribution in [-0.2, 0) is 10.0 Å². The first-order valence-corrected chi connectivity index (χ1v) is 10.2. The van der Waals surface area contributed by atoms with Crippen LogP contribution in [0.1, 0.15) is 10.4 Å². The molecule has 0 saturated carbocycles. The summed E-state index contributed by atoms with van der Waals surface area (Å²) in [6.45, 7) is 0.844. The summed E-state index contributed by atoms with van der Waals surface area (Å²) in [5.41, 5.74) is 0.575. The number of nitrogens with zero attached hydrogens (tertiary/aromatic N) is 2. The van der Waals surface area contributed by atoms with Crippen LogP contribution in [0.4, 0.5) is 4.39 Å². The van der Waals surface area contributed by atoms with Crippen LogP contribution in [0.25, 0.3) is 0 Å². The molecule has 2 aromatic rings. The fourth-order valence-electron chi connectivity index (χ4n) is 2.70. The van der Waals surface area contributed by atoms with Crippen molar-refractivity contribution in [1.29, 1.82) is 0 Å². The monoisotopic (exact) mass is 474 g/mol. The van der Waals surface area contributed by atoms with Crippen molar-refractivity contribution in [3.8, 4) is 0 Å². The summed E-state index contributed by atoms with van der Waals surface area (Å²) in [6.07, 6.45) is 0. The Morgan fingerprint density at radius 1 is 0.960 bits per heavy atom. The second-order valence-electron chi connectivity index (χ2n) is 5.63. The molecule has 0 bridgehead atoms. The Hall–Kier alpha value is -1.52. The lowest BCUT2D eigenvalue weighted by Gasteiger charge is -2.34. The molecule has 0 aliphatic carbocycles. The predicted octanol–water partition coefficient (Wildman–Crippen LogP) is 2.58. The fourth-order valence-corrected chi connectivity index (χ4v) is 4.55. The molecule has 25 heavy (non-hydrogen) atoms. The number of benzene rings is 2. The van der Waals surface area contributed by atoms with Gasteiger partial charge in [-0.3, -0.25) is 4.79 Å². The standard InChI is InChI=1S/C17H16FIN2O3S/c18-15-3-1-2-4-16(15)25(23,24)21-11-9-20(10-12-21)17(22)13-5-7-14(19)8-6-13/h1-8H,9-12H2. The molecule has 8 heteroatoms. The van der Waals surface area contributed by atoms with E-state index in [4.69, 9.17) is 0 Å². The number of halogens is 2. The Kier molecular flexibility index (Phi) is 5.40. The van der Waals surface area contributed by atoms with Gasteiger partial charge in [0.15, 0.2) is 0 Å². The summed E-state index contributed by atoms with van der Waals surface area (Å²) in [7, 11) is -3.89. The van der Waals surface area contributed by atoms with Gasteiger partial charge in [0, 0.05) is 35.3 Å². The molecule has 0 unspecified atom stereocenters. The normalized spacial score (nSPS) is 16.0. The summed E-state index contributed by atoms with van der Waals surface area (Å²) in [4.78, 5) is 13.8. The number of sulfonamides is 1. The Bertz CT molecular complexity index is 879. The maximum absolute atomic E-state index is 13.8. The number of amides is 1. The number of carbonyl (C=O) groups excluding carboxylic acids is 1. The first-order valence-electron chi connectivity index (χ1n) is 7.69. The van der Waals surface area contributed by atoms with E-state index in [2.05, 4.69) is 22.6 Å². The highest BCUT2D eigenvalue weighted by atomic mass is 127. The highest BCUT2D eigenvalue weighted by molar-refractivity contribution is 14.1. The highest BCUT2D eigenvalue weighted by Crippen LogP contribution is 2.21. The van der Waals surface area contributed by atoms with Crippen LogP contribution in [-0.4, -0.2) is 49.7 Å². The summed E-state index contributed by atoms with van der Waals surface area (Å²) in [5, 5.41) is 0. The summed E-state index contributed by atoms with van der Waals surface area (Å²) >= 11 is 2.16. The van der Waals surface area contributed by atoms with E-state index >= 15 is 0 Å². The second kappa shape index (κ2) is 7.38. The number of piperazine rings is 1. The lowest BCUT2D eigenvalue weighted by atomic mass is 10.2. The maximum Gasteiger partial charge on any atom is 0.253 e. The molecular weight excluding hydrogens is 458 g/mol. The van der Waals surface area contributed by atoms with Crippen LogP contribution in [0.3, 0.4) is 0 Å². The van der Waals surface area contributed by atoms with Crippen molar-refractivity contribution in [1.82, 2.24) is 9.21 Å². The van der Waals surface area contributed by atoms with E-state index < -0.39 is 15.8 Å². The minimum absolute atomic E-state index is 0.126. The average Bonchev–Trinajstić information content (AvgIpc) is 2.62. The van der Waals surface area contributed by atoms with E-state index in [0.717, 1.165) is 9.64 Å². The number of hydrogen-bond donors (Lipinski definition) is 0. The van der Waals surface area contributed by atoms with Gasteiger partial charge in [-0.1, -0.05) is 12.1 Å². The van der Waals surface area contributed by atoms with Crippen LogP contribution < -0.4 is 0 Å². The molecule has 0 spiro atoms. The molecule has 1 aliphatic rings. The zero-order chi connectivity index (χ0) is 18.0. The molecular formula is C17H16FIN2O3S. The smallest absolute Gasteiger partial charge is 0.253 e. The van der Waals surface area contributed by atoms with Crippen molar-refractivity contribution in [2.45, 2.75) is 4.90 Å². The molecule has 0 radical (unpaired) electrons. The van der Waals surface area contributed by atoms with Gasteiger partial charge in [0.25, 0.3) is 5.91 Å². The van der Waals surface area contributed by atoms with Gasteiger partial charge in [-0.25, -0.2) is 12.8 Å². The summed E-state index contributed by atoms with van der Waals surface area (Å²) in [6, 6.07) is 12.5. The van der Waals surface area contributed by atoms with Gasteiger partial charge in [0.05, 0.1) is 0 Å². The molecule has 1 aliphatic heterocycles. The predicted molar refractivity (Wildman–Crippen MR) is 100 cm³/mol. The van der Waals surface area contributed by atoms with Gasteiger partial charge in [-0.05, 0) is 59.0 Å². The maximum atomic E-state index is 13.8. The van der Waals surface area contributed by atoms with Crippen LogP contribution in [0, 0.1) is 9.39 Å². The van der Waals surface area contributed by atoms with Crippen molar-refractivity contribution in [3.63, 3.8) is 0 Å². The number of rotatable bonds is 3. The zero-order valence-corrected chi connectivity index (χ0v) is 16.2. The van der Waals surface area contributed by atoms with Gasteiger partial charge < -0.3 is 4.90 Å². The largest absolute Gasteiger partial charge is 0.336 e. The van der Waals surface area contributed by atoms with E-state index in [-0.39, 0.29) is 37.0 Å². The van der Waals surface area contributed by atoms with Gasteiger partial charge in [0.1, 0.15) is 10.7 Å². The van der Waals surface area contributed by atoms with Crippen LogP contribution >= 0.6 is 22.6 Å². The third-order valence-electron chi connectivity index (χ3n) is 4.07. The molecule has 2 aromatic carbocycles. The van der Waals surface area contributed by atoms with Crippen molar-refractivity contribution < 1.29 is 17.6 Å². The SMILES string of the molecule is O=C(c1ccc(I)cc1)N1CCN(S(=O)(=O)c2ccccc2F)CC1. The van der Waals surface area contributed by atoms with Gasteiger partial charge in [-0.15, -0.1) is 0 Å². The number of carbonyl (C=O) groups is 1. The Morgan fingerprint density at radius 2 is 1.56 bits per heavy atom. The average molecular weight is 474 g/mol. The Morgan fingerprint density at radius 3 is 2.16 bits per heavy atom. The summed E-state index contributed by atoms with van der Waals surface area (Å²) in [5.74, 6) is -0.890. The molecule has 1 heterocycles. The zero-order valence-electron chi connectivity index (χ0n) is 13.2. The number of hydrogen-bond acceptors (Lipinski definition) is 3. The highest BCUT2D eigenvalue weighted by Gasteiger charge is 2.31. The second-order valence-corrected chi connectivity index (χ2v) is 8.79. The molecule has 1 saturated heterocycles. The first kappa shape index (κ1) is 18.3. The van der Waals surface area contributed by atoms with Gasteiger partial charge >= 0.3 is 0 Å². The van der Waals surface area contributed by atoms with Gasteiger partial charge in [0.2, 0.25) is 10.0 Å². The fraction of sp³-hybridized carbons (Fsp3) is 0.235. The van der Waals surface area contributed by atoms with Crippen LogP contribution in [0.15, 0.2) is 53.4 Å². The topological polar surface area (TPSA) is 57.7 Å². The van der Waals surface area contributed by atoms with E-state index in [1.54, 1.807) is 17.0 Å². The lowest BCUT2D eigenvalue weighted by Crippen LogP contribution is -2.50. The minimum Gasteiger partial charge on any atom is -0.336 e. The van der Waals surface area contributed by atoms with E-state index in [0.29, 0.717) is 5.56 Å². The summed E-state index contributed by atoms with van der Waals surface area (Å²) < 4.78 is 41.2. The van der Waals surface area contributed by atoms with Crippen LogP contribution in [0.2, 0.25) is 0 Å². The first-order chi connectivity index (χ1) is 11.9. The van der Waals surface area contributed by atoms with Crippen molar-refractivity contribution in [3.05, 3.63) is 63.5 Å². The molecule has 0 atom stereocenters. The molecule has 1 amide bonds. The Labute approximate surface area is 159 Å². The van der Waals surface area contributed by atoms with E-state index in [1.807, 2.05) is 12.1 Å². The van der Waals surface area contributed by atoms with Gasteiger partial charge in [-0.2, -0.15) is 4.31 Å². The molecule has 0 aromatic heterocycles. The quantitative estimate of drug-likeness (QED) is 0.643. The molecule has 3 rings (SSSR count). The van der Waals surface area contributed by atoms with Crippen molar-refractivity contribution in [2.75, 3.05) is 26.2 Å². The van der Waals surface area contributed by atoms with E-state index in [1.165, 1.54) is 22.5 Å². The third kappa shape index (κ3) is 3.85. The molecule has 0 N–H and O–H groups in total. The molecule has 5 nitrogen and oxygen atoms in total. The third-order valence-corrected chi connectivity index (χ3v) is 6.72. The van der Waals surface area contributed by atoms with Crippen molar-refractivity contribution >= 4 is 38.5 Å². The Balaban J connectivity index is 1.70.